The first-order chi connectivity index (χ1) is 12.1. The highest BCUT2D eigenvalue weighted by Crippen LogP contribution is 2.17. The minimum absolute atomic E-state index is 0.333. The molecule has 0 amide bonds. The van der Waals surface area contributed by atoms with Gasteiger partial charge in [0.1, 0.15) is 12.1 Å². The molecule has 0 aliphatic rings. The van der Waals surface area contributed by atoms with Gasteiger partial charge in [-0.25, -0.2) is 19.9 Å². The third-order valence-electron chi connectivity index (χ3n) is 3.46. The quantitative estimate of drug-likeness (QED) is 0.682. The van der Waals surface area contributed by atoms with Crippen molar-refractivity contribution in [2.75, 3.05) is 24.7 Å². The van der Waals surface area contributed by atoms with E-state index in [9.17, 15) is 4.79 Å². The van der Waals surface area contributed by atoms with Crippen molar-refractivity contribution in [2.45, 2.75) is 13.5 Å². The Kier molecular flexibility index (Phi) is 5.91. The van der Waals surface area contributed by atoms with Crippen molar-refractivity contribution in [1.29, 1.82) is 0 Å². The summed E-state index contributed by atoms with van der Waals surface area (Å²) in [6.07, 6.45) is 2.51. The van der Waals surface area contributed by atoms with Crippen molar-refractivity contribution >= 4 is 29.0 Å². The minimum atomic E-state index is 0.333. The Morgan fingerprint density at radius 2 is 1.80 bits per heavy atom. The lowest BCUT2D eigenvalue weighted by Gasteiger charge is -2.19. The third-order valence-corrected chi connectivity index (χ3v) is 3.46. The number of nitrogens with two attached hydrogens (primary N) is 2. The molecule has 0 saturated carbocycles. The number of aromatic nitrogens is 4. The fraction of sp³-hybridized carbons (Fsp3) is 0.235. The Balaban J connectivity index is 0.00000109. The van der Waals surface area contributed by atoms with Crippen LogP contribution in [0.15, 0.2) is 30.5 Å². The van der Waals surface area contributed by atoms with Crippen LogP contribution in [-0.4, -0.2) is 40.3 Å². The normalized spacial score (nSPS) is 10.1. The van der Waals surface area contributed by atoms with E-state index in [-0.39, 0.29) is 0 Å². The largest absolute Gasteiger partial charge is 0.382 e. The first-order valence-electron chi connectivity index (χ1n) is 7.66. The zero-order valence-corrected chi connectivity index (χ0v) is 14.5. The molecule has 130 valence electrons. The number of carbonyl (C=O) groups excluding carboxylic acids is 1. The number of hydrogen-bond acceptors (Lipinski definition) is 8. The summed E-state index contributed by atoms with van der Waals surface area (Å²) in [7, 11) is 3.44. The molecule has 2 aromatic heterocycles. The lowest BCUT2D eigenvalue weighted by atomic mass is 10.2. The average molecular weight is 339 g/mol. The molecule has 0 spiro atoms. The van der Waals surface area contributed by atoms with Crippen LogP contribution in [0.5, 0.6) is 0 Å². The van der Waals surface area contributed by atoms with Crippen LogP contribution in [0.25, 0.3) is 11.2 Å². The van der Waals surface area contributed by atoms with Crippen LogP contribution in [0.1, 0.15) is 21.9 Å². The number of rotatable bonds is 4. The zero-order chi connectivity index (χ0) is 18.4. The van der Waals surface area contributed by atoms with Crippen LogP contribution in [0.3, 0.4) is 0 Å². The van der Waals surface area contributed by atoms with E-state index in [0.717, 1.165) is 17.7 Å². The molecule has 8 heteroatoms. The van der Waals surface area contributed by atoms with E-state index < -0.39 is 0 Å². The second-order valence-electron chi connectivity index (χ2n) is 5.26. The number of fused-ring (bicyclic) bond motifs is 1. The van der Waals surface area contributed by atoms with E-state index >= 15 is 0 Å². The number of aldehydes is 1. The average Bonchev–Trinajstić information content (AvgIpc) is 2.64. The van der Waals surface area contributed by atoms with E-state index in [4.69, 9.17) is 5.73 Å². The fourth-order valence-electron chi connectivity index (χ4n) is 2.30. The van der Waals surface area contributed by atoms with Crippen LogP contribution < -0.4 is 16.4 Å². The second kappa shape index (κ2) is 8.11. The van der Waals surface area contributed by atoms with Crippen molar-refractivity contribution in [3.8, 4) is 0 Å². The number of nitrogens with zero attached hydrogens (tertiary/aromatic N) is 5. The molecule has 0 bridgehead atoms. The van der Waals surface area contributed by atoms with Gasteiger partial charge in [0.25, 0.3) is 0 Å². The summed E-state index contributed by atoms with van der Waals surface area (Å²) in [6.45, 7) is 2.32. The smallest absolute Gasteiger partial charge is 0.183 e. The Labute approximate surface area is 145 Å². The van der Waals surface area contributed by atoms with E-state index in [0.29, 0.717) is 34.9 Å². The van der Waals surface area contributed by atoms with Crippen molar-refractivity contribution in [3.63, 3.8) is 0 Å². The van der Waals surface area contributed by atoms with Gasteiger partial charge in [-0.05, 0) is 38.2 Å². The SMILES string of the molecule is CN.Cc1nc(N)c2nc(CN(C)c3ccc(C=O)cc3)cnc2n1. The highest BCUT2D eigenvalue weighted by Gasteiger charge is 2.09. The fourth-order valence-corrected chi connectivity index (χ4v) is 2.30. The maximum atomic E-state index is 10.7. The molecule has 0 unspecified atom stereocenters. The van der Waals surface area contributed by atoms with Crippen molar-refractivity contribution in [1.82, 2.24) is 19.9 Å². The van der Waals surface area contributed by atoms with Gasteiger partial charge in [0.2, 0.25) is 0 Å². The van der Waals surface area contributed by atoms with Gasteiger partial charge in [-0.2, -0.15) is 0 Å². The van der Waals surface area contributed by atoms with Gasteiger partial charge in [0.05, 0.1) is 18.4 Å². The summed E-state index contributed by atoms with van der Waals surface area (Å²) >= 11 is 0. The summed E-state index contributed by atoms with van der Waals surface area (Å²) in [4.78, 5) is 29.9. The van der Waals surface area contributed by atoms with Crippen LogP contribution in [0.4, 0.5) is 11.5 Å². The maximum absolute atomic E-state index is 10.7. The molecular weight excluding hydrogens is 318 g/mol. The van der Waals surface area contributed by atoms with Gasteiger partial charge < -0.3 is 16.4 Å². The Bertz CT molecular complexity index is 865. The maximum Gasteiger partial charge on any atom is 0.183 e. The highest BCUT2D eigenvalue weighted by atomic mass is 16.1. The van der Waals surface area contributed by atoms with E-state index in [1.54, 1.807) is 25.3 Å². The predicted molar refractivity (Wildman–Crippen MR) is 98.3 cm³/mol. The molecular formula is C17H21N7O. The molecule has 3 aromatic rings. The van der Waals surface area contributed by atoms with Gasteiger partial charge in [0.15, 0.2) is 17.0 Å². The van der Waals surface area contributed by atoms with E-state index in [2.05, 4.69) is 25.7 Å². The third kappa shape index (κ3) is 4.24. The molecule has 3 rings (SSSR count). The van der Waals surface area contributed by atoms with Crippen molar-refractivity contribution in [2.24, 2.45) is 5.73 Å². The molecule has 0 fully saturated rings. The molecule has 8 nitrogen and oxygen atoms in total. The number of aryl methyl sites for hydroxylation is 1. The van der Waals surface area contributed by atoms with Gasteiger partial charge >= 0.3 is 0 Å². The number of nitrogen functional groups attached to an aromatic ring is 1. The first kappa shape index (κ1) is 18.2. The Morgan fingerprint density at radius 1 is 1.12 bits per heavy atom. The van der Waals surface area contributed by atoms with Crippen molar-refractivity contribution in [3.05, 3.63) is 47.5 Å². The molecule has 0 saturated heterocycles. The van der Waals surface area contributed by atoms with Crippen LogP contribution in [0.2, 0.25) is 0 Å². The molecule has 0 aliphatic carbocycles. The number of carbonyl (C=O) groups is 1. The van der Waals surface area contributed by atoms with Gasteiger partial charge in [-0.3, -0.25) is 4.79 Å². The molecule has 1 aromatic carbocycles. The first-order valence-corrected chi connectivity index (χ1v) is 7.66. The molecule has 0 atom stereocenters. The minimum Gasteiger partial charge on any atom is -0.382 e. The molecule has 0 aliphatic heterocycles. The molecule has 4 N–H and O–H groups in total. The zero-order valence-electron chi connectivity index (χ0n) is 14.5. The summed E-state index contributed by atoms with van der Waals surface area (Å²) in [5.74, 6) is 0.907. The van der Waals surface area contributed by atoms with Gasteiger partial charge in [-0.1, -0.05) is 0 Å². The Hall–Kier alpha value is -3.13. The predicted octanol–water partition coefficient (Wildman–Crippen LogP) is 1.33. The monoisotopic (exact) mass is 339 g/mol. The van der Waals surface area contributed by atoms with E-state index in [1.165, 1.54) is 7.05 Å². The summed E-state index contributed by atoms with van der Waals surface area (Å²) in [6, 6.07) is 7.33. The van der Waals surface area contributed by atoms with Crippen LogP contribution >= 0.6 is 0 Å². The summed E-state index contributed by atoms with van der Waals surface area (Å²) < 4.78 is 0. The molecule has 0 radical (unpaired) electrons. The van der Waals surface area contributed by atoms with Gasteiger partial charge in [0, 0.05) is 18.3 Å². The number of hydrogen-bond donors (Lipinski definition) is 2. The standard InChI is InChI=1S/C16H16N6O.CH5N/c1-10-19-15(17)14-16(20-10)18-7-12(21-14)8-22(2)13-5-3-11(9-23)4-6-13;1-2/h3-7,9H,8H2,1-2H3,(H2,17,18,19,20);2H2,1H3. The summed E-state index contributed by atoms with van der Waals surface area (Å²) in [5.41, 5.74) is 13.8. The lowest BCUT2D eigenvalue weighted by Crippen LogP contribution is -2.17. The highest BCUT2D eigenvalue weighted by molar-refractivity contribution is 5.80. The molecule has 2 heterocycles. The Morgan fingerprint density at radius 3 is 2.44 bits per heavy atom. The van der Waals surface area contributed by atoms with Crippen molar-refractivity contribution < 1.29 is 4.79 Å². The topological polar surface area (TPSA) is 124 Å². The van der Waals surface area contributed by atoms with E-state index in [1.807, 2.05) is 24.1 Å². The molecule has 25 heavy (non-hydrogen) atoms. The number of anilines is 2. The lowest BCUT2D eigenvalue weighted by molar-refractivity contribution is 0.112. The van der Waals surface area contributed by atoms with Crippen LogP contribution in [-0.2, 0) is 6.54 Å². The second-order valence-corrected chi connectivity index (χ2v) is 5.26. The van der Waals surface area contributed by atoms with Crippen LogP contribution in [0, 0.1) is 6.92 Å². The van der Waals surface area contributed by atoms with Gasteiger partial charge in [-0.15, -0.1) is 0 Å². The summed E-state index contributed by atoms with van der Waals surface area (Å²) in [5, 5.41) is 0. The number of benzene rings is 1.